The number of amides is 2. The number of fused-ring (bicyclic) bond motifs is 1. The van der Waals surface area contributed by atoms with E-state index in [0.29, 0.717) is 11.6 Å². The maximum absolute atomic E-state index is 13.2. The van der Waals surface area contributed by atoms with Crippen molar-refractivity contribution in [3.63, 3.8) is 0 Å². The number of methoxy groups -OCH3 is 1. The molecule has 8 heteroatoms. The van der Waals surface area contributed by atoms with Crippen LogP contribution >= 0.6 is 23.1 Å². The highest BCUT2D eigenvalue weighted by Gasteiger charge is 2.30. The van der Waals surface area contributed by atoms with Gasteiger partial charge in [0.1, 0.15) is 12.3 Å². The quantitative estimate of drug-likeness (QED) is 0.626. The molecule has 30 heavy (non-hydrogen) atoms. The highest BCUT2D eigenvalue weighted by atomic mass is 32.2. The molecule has 6 nitrogen and oxygen atoms in total. The van der Waals surface area contributed by atoms with Crippen LogP contribution in [0.5, 0.6) is 5.75 Å². The van der Waals surface area contributed by atoms with Gasteiger partial charge in [-0.15, -0.1) is 23.1 Å². The molecule has 3 aromatic rings. The lowest BCUT2D eigenvalue weighted by molar-refractivity contribution is -0.121. The molecule has 0 radical (unpaired) electrons. The number of para-hydroxylation sites is 1. The van der Waals surface area contributed by atoms with E-state index in [1.807, 2.05) is 60.8 Å². The molecule has 1 aliphatic rings. The number of nitrogens with zero attached hydrogens (tertiary/aromatic N) is 2. The molecule has 2 amide bonds. The van der Waals surface area contributed by atoms with Crippen molar-refractivity contribution in [2.24, 2.45) is 0 Å². The summed E-state index contributed by atoms with van der Waals surface area (Å²) >= 11 is 3.01. The van der Waals surface area contributed by atoms with E-state index in [1.165, 1.54) is 11.3 Å². The monoisotopic (exact) mass is 439 g/mol. The topological polar surface area (TPSA) is 71.5 Å². The first-order valence-electron chi connectivity index (χ1n) is 9.45. The van der Waals surface area contributed by atoms with Crippen molar-refractivity contribution >= 4 is 45.7 Å². The molecule has 0 saturated carbocycles. The number of aromatic nitrogens is 1. The summed E-state index contributed by atoms with van der Waals surface area (Å²) in [6.45, 7) is 1.82. The minimum Gasteiger partial charge on any atom is -0.497 e. The molecule has 0 spiro atoms. The second kappa shape index (κ2) is 8.89. The number of carbonyl (C=O) groups excluding carboxylic acids is 2. The number of nitrogens with one attached hydrogen (secondary N) is 1. The van der Waals surface area contributed by atoms with Crippen LogP contribution in [0.1, 0.15) is 22.9 Å². The average molecular weight is 440 g/mol. The predicted molar refractivity (Wildman–Crippen MR) is 120 cm³/mol. The molecule has 0 bridgehead atoms. The summed E-state index contributed by atoms with van der Waals surface area (Å²) < 4.78 is 5.24. The maximum Gasteiger partial charge on any atom is 0.246 e. The summed E-state index contributed by atoms with van der Waals surface area (Å²) in [7, 11) is 1.63. The SMILES string of the molecule is COc1ccc(C2CC(=O)N(CC(=O)Nc3nc(C)cs3)c3ccccc3S2)cc1. The van der Waals surface area contributed by atoms with Gasteiger partial charge in [-0.05, 0) is 36.8 Å². The van der Waals surface area contributed by atoms with E-state index in [9.17, 15) is 9.59 Å². The Labute approximate surface area is 183 Å². The molecule has 0 aliphatic carbocycles. The van der Waals surface area contributed by atoms with Gasteiger partial charge in [0.2, 0.25) is 11.8 Å². The lowest BCUT2D eigenvalue weighted by Gasteiger charge is -2.21. The number of thiazole rings is 1. The third kappa shape index (κ3) is 4.49. The number of benzene rings is 2. The molecular weight excluding hydrogens is 418 g/mol. The van der Waals surface area contributed by atoms with E-state index >= 15 is 0 Å². The molecule has 1 N–H and O–H groups in total. The van der Waals surface area contributed by atoms with Crippen LogP contribution in [-0.4, -0.2) is 30.5 Å². The minimum absolute atomic E-state index is 0.0424. The van der Waals surface area contributed by atoms with Crippen LogP contribution in [0.25, 0.3) is 0 Å². The summed E-state index contributed by atoms with van der Waals surface area (Å²) in [6, 6.07) is 15.5. The fraction of sp³-hybridized carbons (Fsp3) is 0.227. The fourth-order valence-corrected chi connectivity index (χ4v) is 5.26. The van der Waals surface area contributed by atoms with E-state index in [2.05, 4.69) is 10.3 Å². The first kappa shape index (κ1) is 20.4. The van der Waals surface area contributed by atoms with Gasteiger partial charge in [0.25, 0.3) is 0 Å². The van der Waals surface area contributed by atoms with Crippen molar-refractivity contribution in [2.45, 2.75) is 23.5 Å². The summed E-state index contributed by atoms with van der Waals surface area (Å²) in [5, 5.41) is 5.16. The number of thioether (sulfide) groups is 1. The molecular formula is C22H21N3O3S2. The van der Waals surface area contributed by atoms with E-state index < -0.39 is 0 Å². The number of carbonyl (C=O) groups is 2. The van der Waals surface area contributed by atoms with Gasteiger partial charge in [-0.3, -0.25) is 9.59 Å². The zero-order valence-electron chi connectivity index (χ0n) is 16.6. The summed E-state index contributed by atoms with van der Waals surface area (Å²) in [5.41, 5.74) is 2.66. The van der Waals surface area contributed by atoms with Gasteiger partial charge in [0.05, 0.1) is 18.5 Å². The lowest BCUT2D eigenvalue weighted by atomic mass is 10.1. The van der Waals surface area contributed by atoms with Crippen LogP contribution in [0.3, 0.4) is 0 Å². The molecule has 4 rings (SSSR count). The Morgan fingerprint density at radius 1 is 1.23 bits per heavy atom. The third-order valence-electron chi connectivity index (χ3n) is 4.74. The van der Waals surface area contributed by atoms with Crippen LogP contribution < -0.4 is 15.0 Å². The molecule has 2 aromatic carbocycles. The second-order valence-electron chi connectivity index (χ2n) is 6.87. The van der Waals surface area contributed by atoms with Gasteiger partial charge in [-0.2, -0.15) is 0 Å². The van der Waals surface area contributed by atoms with E-state index in [-0.39, 0.29) is 23.6 Å². The fourth-order valence-electron chi connectivity index (χ4n) is 3.27. The Bertz CT molecular complexity index is 1070. The molecule has 0 saturated heterocycles. The van der Waals surface area contributed by atoms with E-state index in [1.54, 1.807) is 23.8 Å². The Morgan fingerprint density at radius 3 is 2.70 bits per heavy atom. The molecule has 1 atom stereocenters. The third-order valence-corrected chi connectivity index (χ3v) is 6.94. The zero-order chi connectivity index (χ0) is 21.1. The minimum atomic E-state index is -0.264. The smallest absolute Gasteiger partial charge is 0.246 e. The van der Waals surface area contributed by atoms with Crippen LogP contribution in [0.4, 0.5) is 10.8 Å². The molecule has 1 aliphatic heterocycles. The van der Waals surface area contributed by atoms with Gasteiger partial charge in [-0.1, -0.05) is 24.3 Å². The summed E-state index contributed by atoms with van der Waals surface area (Å²) in [5.74, 6) is 0.430. The van der Waals surface area contributed by atoms with Crippen LogP contribution in [0.2, 0.25) is 0 Å². The Hall–Kier alpha value is -2.84. The first-order valence-corrected chi connectivity index (χ1v) is 11.2. The van der Waals surface area contributed by atoms with Gasteiger partial charge >= 0.3 is 0 Å². The zero-order valence-corrected chi connectivity index (χ0v) is 18.3. The first-order chi connectivity index (χ1) is 14.5. The second-order valence-corrected chi connectivity index (χ2v) is 8.98. The predicted octanol–water partition coefficient (Wildman–Crippen LogP) is 4.67. The standard InChI is InChI=1S/C22H21N3O3S2/c1-14-13-29-22(23-14)24-20(26)12-25-17-5-3-4-6-18(17)30-19(11-21(25)27)15-7-9-16(28-2)10-8-15/h3-10,13,19H,11-12H2,1-2H3,(H,23,24,26). The van der Waals surface area contributed by atoms with Crippen molar-refractivity contribution < 1.29 is 14.3 Å². The highest BCUT2D eigenvalue weighted by Crippen LogP contribution is 2.45. The number of ether oxygens (including phenoxy) is 1. The van der Waals surface area contributed by atoms with Gasteiger partial charge in [-0.25, -0.2) is 4.98 Å². The lowest BCUT2D eigenvalue weighted by Crippen LogP contribution is -2.38. The number of anilines is 2. The van der Waals surface area contributed by atoms with Crippen molar-refractivity contribution in [3.8, 4) is 5.75 Å². The average Bonchev–Trinajstić information content (AvgIpc) is 3.10. The van der Waals surface area contributed by atoms with Gasteiger partial charge < -0.3 is 15.0 Å². The van der Waals surface area contributed by atoms with Crippen molar-refractivity contribution in [1.82, 2.24) is 4.98 Å². The largest absolute Gasteiger partial charge is 0.497 e. The van der Waals surface area contributed by atoms with Crippen LogP contribution in [0, 0.1) is 6.92 Å². The molecule has 2 heterocycles. The summed E-state index contributed by atoms with van der Waals surface area (Å²) in [4.78, 5) is 32.6. The summed E-state index contributed by atoms with van der Waals surface area (Å²) in [6.07, 6.45) is 0.301. The van der Waals surface area contributed by atoms with Crippen molar-refractivity contribution in [3.05, 3.63) is 65.2 Å². The van der Waals surface area contributed by atoms with Crippen LogP contribution in [-0.2, 0) is 9.59 Å². The maximum atomic E-state index is 13.2. The number of hydrogen-bond donors (Lipinski definition) is 1. The molecule has 1 unspecified atom stereocenters. The normalized spacial score (nSPS) is 16.0. The van der Waals surface area contributed by atoms with E-state index in [4.69, 9.17) is 4.74 Å². The number of aryl methyl sites for hydroxylation is 1. The van der Waals surface area contributed by atoms with Crippen molar-refractivity contribution in [2.75, 3.05) is 23.9 Å². The van der Waals surface area contributed by atoms with E-state index in [0.717, 1.165) is 27.6 Å². The molecule has 154 valence electrons. The molecule has 1 aromatic heterocycles. The van der Waals surface area contributed by atoms with Crippen molar-refractivity contribution in [1.29, 1.82) is 0 Å². The van der Waals surface area contributed by atoms with Gasteiger partial charge in [0, 0.05) is 21.9 Å². The Morgan fingerprint density at radius 2 is 2.00 bits per heavy atom. The van der Waals surface area contributed by atoms with Crippen LogP contribution in [0.15, 0.2) is 58.8 Å². The number of rotatable bonds is 5. The Balaban J connectivity index is 1.57. The number of hydrogen-bond acceptors (Lipinski definition) is 6. The molecule has 0 fully saturated rings. The Kier molecular flexibility index (Phi) is 6.06. The van der Waals surface area contributed by atoms with Gasteiger partial charge in [0.15, 0.2) is 5.13 Å². The highest BCUT2D eigenvalue weighted by molar-refractivity contribution is 7.99.